The lowest BCUT2D eigenvalue weighted by atomic mass is 9.98. The number of ether oxygens (including phenoxy) is 1. The van der Waals surface area contributed by atoms with Crippen molar-refractivity contribution in [3.8, 4) is 11.1 Å². The summed E-state index contributed by atoms with van der Waals surface area (Å²) in [5.74, 6) is -1.35. The fourth-order valence-electron chi connectivity index (χ4n) is 3.93. The molecule has 9 nitrogen and oxygen atoms in total. The number of fused-ring (bicyclic) bond motifs is 3. The van der Waals surface area contributed by atoms with Gasteiger partial charge in [0.05, 0.1) is 6.33 Å². The Morgan fingerprint density at radius 1 is 0.970 bits per heavy atom. The number of nitrogens with zero attached hydrogens (tertiary/aromatic N) is 2. The van der Waals surface area contributed by atoms with Crippen molar-refractivity contribution >= 4 is 18.0 Å². The number of amides is 2. The van der Waals surface area contributed by atoms with E-state index in [1.54, 1.807) is 4.57 Å². The molecule has 2 aromatic carbocycles. The van der Waals surface area contributed by atoms with E-state index in [9.17, 15) is 14.4 Å². The number of hydrogen-bond donors (Lipinski definition) is 3. The second-order valence-electron chi connectivity index (χ2n) is 7.65. The molecular formula is C24H24N4O5. The first-order valence-corrected chi connectivity index (χ1v) is 10.6. The van der Waals surface area contributed by atoms with Gasteiger partial charge in [-0.3, -0.25) is 4.79 Å². The number of aromatic nitrogens is 2. The van der Waals surface area contributed by atoms with Crippen molar-refractivity contribution in [1.29, 1.82) is 0 Å². The van der Waals surface area contributed by atoms with Crippen LogP contribution in [-0.2, 0) is 16.1 Å². The number of carbonyl (C=O) groups is 3. The number of aromatic carboxylic acids is 1. The molecule has 33 heavy (non-hydrogen) atoms. The average molecular weight is 448 g/mol. The Labute approximate surface area is 190 Å². The van der Waals surface area contributed by atoms with Crippen LogP contribution in [0.25, 0.3) is 11.1 Å². The maximum absolute atomic E-state index is 12.1. The molecule has 0 radical (unpaired) electrons. The van der Waals surface area contributed by atoms with Crippen LogP contribution in [0.15, 0.2) is 61.1 Å². The number of hydrogen-bond acceptors (Lipinski definition) is 5. The molecule has 0 bridgehead atoms. The van der Waals surface area contributed by atoms with Crippen LogP contribution in [0, 0.1) is 0 Å². The third-order valence-electron chi connectivity index (χ3n) is 5.51. The number of alkyl carbamates (subject to hydrolysis) is 1. The SMILES string of the molecule is O=C(CCNC(=O)OCC1c2ccccc2-c2ccccc21)NCCn1cnc(C(=O)O)c1. The molecule has 170 valence electrons. The minimum Gasteiger partial charge on any atom is -0.476 e. The van der Waals surface area contributed by atoms with Gasteiger partial charge in [-0.2, -0.15) is 0 Å². The molecule has 1 aromatic heterocycles. The van der Waals surface area contributed by atoms with Crippen LogP contribution in [-0.4, -0.2) is 52.3 Å². The lowest BCUT2D eigenvalue weighted by molar-refractivity contribution is -0.120. The van der Waals surface area contributed by atoms with Gasteiger partial charge in [-0.15, -0.1) is 0 Å². The van der Waals surface area contributed by atoms with Gasteiger partial charge >= 0.3 is 12.1 Å². The van der Waals surface area contributed by atoms with Crippen LogP contribution >= 0.6 is 0 Å². The Morgan fingerprint density at radius 2 is 1.64 bits per heavy atom. The third-order valence-corrected chi connectivity index (χ3v) is 5.51. The van der Waals surface area contributed by atoms with Gasteiger partial charge < -0.3 is 25.0 Å². The van der Waals surface area contributed by atoms with Gasteiger partial charge in [0.15, 0.2) is 5.69 Å². The zero-order valence-corrected chi connectivity index (χ0v) is 17.9. The molecule has 4 rings (SSSR count). The van der Waals surface area contributed by atoms with E-state index in [1.165, 1.54) is 12.5 Å². The molecule has 0 fully saturated rings. The maximum atomic E-state index is 12.1. The van der Waals surface area contributed by atoms with Gasteiger partial charge in [-0.25, -0.2) is 14.6 Å². The van der Waals surface area contributed by atoms with E-state index in [4.69, 9.17) is 9.84 Å². The standard InChI is InChI=1S/C24H24N4O5/c29-22(25-11-12-28-13-21(23(30)31)27-15-28)9-10-26-24(32)33-14-20-18-7-3-1-5-16(18)17-6-2-4-8-19(17)20/h1-8,13,15,20H,9-12,14H2,(H,25,29)(H,26,32)(H,30,31). The monoisotopic (exact) mass is 448 g/mol. The molecule has 0 spiro atoms. The van der Waals surface area contributed by atoms with Crippen molar-refractivity contribution in [1.82, 2.24) is 20.2 Å². The summed E-state index contributed by atoms with van der Waals surface area (Å²) >= 11 is 0. The van der Waals surface area contributed by atoms with E-state index in [0.717, 1.165) is 22.3 Å². The Hall–Kier alpha value is -4.14. The molecule has 1 aliphatic carbocycles. The first-order valence-electron chi connectivity index (χ1n) is 10.6. The van der Waals surface area contributed by atoms with Gasteiger partial charge in [0.1, 0.15) is 6.61 Å². The highest BCUT2D eigenvalue weighted by Gasteiger charge is 2.28. The van der Waals surface area contributed by atoms with Gasteiger partial charge in [-0.1, -0.05) is 48.5 Å². The third kappa shape index (κ3) is 5.20. The van der Waals surface area contributed by atoms with Gasteiger partial charge in [0.25, 0.3) is 0 Å². The van der Waals surface area contributed by atoms with Crippen LogP contribution in [0.1, 0.15) is 34.0 Å². The summed E-state index contributed by atoms with van der Waals surface area (Å²) in [4.78, 5) is 38.6. The smallest absolute Gasteiger partial charge is 0.407 e. The predicted molar refractivity (Wildman–Crippen MR) is 120 cm³/mol. The van der Waals surface area contributed by atoms with E-state index in [0.29, 0.717) is 13.1 Å². The van der Waals surface area contributed by atoms with E-state index in [2.05, 4.69) is 39.9 Å². The minimum atomic E-state index is -1.10. The summed E-state index contributed by atoms with van der Waals surface area (Å²) < 4.78 is 7.02. The molecule has 3 N–H and O–H groups in total. The Balaban J connectivity index is 1.17. The van der Waals surface area contributed by atoms with Crippen LogP contribution < -0.4 is 10.6 Å². The molecule has 2 amide bonds. The number of carboxylic acids is 1. The normalized spacial score (nSPS) is 12.0. The molecule has 1 aliphatic rings. The lowest BCUT2D eigenvalue weighted by Crippen LogP contribution is -2.32. The van der Waals surface area contributed by atoms with Crippen molar-refractivity contribution in [2.75, 3.05) is 19.7 Å². The number of carbonyl (C=O) groups excluding carboxylic acids is 2. The van der Waals surface area contributed by atoms with Crippen molar-refractivity contribution in [2.45, 2.75) is 18.9 Å². The minimum absolute atomic E-state index is 0.0173. The number of carboxylic acid groups (broad SMARTS) is 1. The molecular weight excluding hydrogens is 424 g/mol. The van der Waals surface area contributed by atoms with Crippen LogP contribution in [0.5, 0.6) is 0 Å². The second-order valence-corrected chi connectivity index (χ2v) is 7.65. The molecule has 0 unspecified atom stereocenters. The van der Waals surface area contributed by atoms with Gasteiger partial charge in [0.2, 0.25) is 5.91 Å². The quantitative estimate of drug-likeness (QED) is 0.463. The fourth-order valence-corrected chi connectivity index (χ4v) is 3.93. The van der Waals surface area contributed by atoms with E-state index in [-0.39, 0.29) is 37.1 Å². The summed E-state index contributed by atoms with van der Waals surface area (Å²) in [6, 6.07) is 16.2. The highest BCUT2D eigenvalue weighted by Crippen LogP contribution is 2.44. The second kappa shape index (κ2) is 9.99. The van der Waals surface area contributed by atoms with Crippen LogP contribution in [0.2, 0.25) is 0 Å². The molecule has 0 saturated carbocycles. The highest BCUT2D eigenvalue weighted by molar-refractivity contribution is 5.85. The highest BCUT2D eigenvalue weighted by atomic mass is 16.5. The number of imidazole rings is 1. The van der Waals surface area contributed by atoms with E-state index in [1.807, 2.05) is 24.3 Å². The Bertz CT molecular complexity index is 1130. The molecule has 9 heteroatoms. The summed E-state index contributed by atoms with van der Waals surface area (Å²) in [6.07, 6.45) is 2.33. The van der Waals surface area contributed by atoms with Crippen molar-refractivity contribution < 1.29 is 24.2 Å². The summed E-state index contributed by atoms with van der Waals surface area (Å²) in [6.45, 7) is 1.08. The summed E-state index contributed by atoms with van der Waals surface area (Å²) in [5.41, 5.74) is 4.55. The molecule has 3 aromatic rings. The summed E-state index contributed by atoms with van der Waals surface area (Å²) in [5, 5.41) is 14.2. The predicted octanol–water partition coefficient (Wildman–Crippen LogP) is 2.63. The fraction of sp³-hybridized carbons (Fsp3) is 0.250. The van der Waals surface area contributed by atoms with Crippen molar-refractivity contribution in [2.24, 2.45) is 0 Å². The average Bonchev–Trinajstić information content (AvgIpc) is 3.41. The maximum Gasteiger partial charge on any atom is 0.407 e. The van der Waals surface area contributed by atoms with Crippen LogP contribution in [0.3, 0.4) is 0 Å². The zero-order valence-electron chi connectivity index (χ0n) is 17.9. The Kier molecular flexibility index (Phi) is 6.68. The zero-order chi connectivity index (χ0) is 23.2. The summed E-state index contributed by atoms with van der Waals surface area (Å²) in [7, 11) is 0. The van der Waals surface area contributed by atoms with Crippen molar-refractivity contribution in [3.63, 3.8) is 0 Å². The van der Waals surface area contributed by atoms with Gasteiger partial charge in [-0.05, 0) is 22.3 Å². The number of rotatable bonds is 9. The lowest BCUT2D eigenvalue weighted by Gasteiger charge is -2.14. The molecule has 1 heterocycles. The van der Waals surface area contributed by atoms with Crippen LogP contribution in [0.4, 0.5) is 4.79 Å². The largest absolute Gasteiger partial charge is 0.476 e. The number of benzene rings is 2. The number of nitrogens with one attached hydrogen (secondary N) is 2. The first-order chi connectivity index (χ1) is 16.0. The Morgan fingerprint density at radius 3 is 2.27 bits per heavy atom. The molecule has 0 aliphatic heterocycles. The van der Waals surface area contributed by atoms with Crippen molar-refractivity contribution in [3.05, 3.63) is 77.9 Å². The molecule has 0 atom stereocenters. The van der Waals surface area contributed by atoms with E-state index < -0.39 is 12.1 Å². The van der Waals surface area contributed by atoms with E-state index >= 15 is 0 Å². The first kappa shape index (κ1) is 22.1. The van der Waals surface area contributed by atoms with Gasteiger partial charge in [0, 0.05) is 38.2 Å². The topological polar surface area (TPSA) is 123 Å². The molecule has 0 saturated heterocycles.